The van der Waals surface area contributed by atoms with Crippen LogP contribution >= 0.6 is 0 Å². The van der Waals surface area contributed by atoms with Gasteiger partial charge in [-0.3, -0.25) is 4.90 Å². The van der Waals surface area contributed by atoms with E-state index in [4.69, 9.17) is 24.7 Å². The van der Waals surface area contributed by atoms with Crippen LogP contribution in [0, 0.1) is 22.7 Å². The second kappa shape index (κ2) is 14.9. The Bertz CT molecular complexity index is 255. The normalized spacial score (nSPS) is 10.3. The topological polar surface area (TPSA) is 78.5 Å². The molecule has 0 saturated heterocycles. The van der Waals surface area contributed by atoms with Gasteiger partial charge in [-0.1, -0.05) is 0 Å². The van der Waals surface area contributed by atoms with Gasteiger partial charge in [-0.05, 0) is 0 Å². The van der Waals surface area contributed by atoms with Crippen molar-refractivity contribution >= 4 is 0 Å². The number of nitriles is 2. The first-order chi connectivity index (χ1) is 9.35. The van der Waals surface area contributed by atoms with Crippen molar-refractivity contribution in [2.45, 2.75) is 12.8 Å². The van der Waals surface area contributed by atoms with Gasteiger partial charge in [0.05, 0.1) is 45.2 Å². The molecule has 0 atom stereocenters. The molecule has 0 saturated carbocycles. The fourth-order valence-electron chi connectivity index (χ4n) is 1.41. The number of rotatable bonds is 13. The lowest BCUT2D eigenvalue weighted by Crippen LogP contribution is -2.30. The molecule has 6 nitrogen and oxygen atoms in total. The Hall–Kier alpha value is -1.18. The van der Waals surface area contributed by atoms with Crippen LogP contribution in [0.4, 0.5) is 0 Å². The van der Waals surface area contributed by atoms with Crippen LogP contribution in [0.5, 0.6) is 0 Å². The Morgan fingerprint density at radius 3 is 1.84 bits per heavy atom. The van der Waals surface area contributed by atoms with Gasteiger partial charge in [0.2, 0.25) is 0 Å². The summed E-state index contributed by atoms with van der Waals surface area (Å²) in [6.45, 7) is 4.98. The van der Waals surface area contributed by atoms with Crippen LogP contribution in [-0.4, -0.2) is 64.7 Å². The number of hydrogen-bond acceptors (Lipinski definition) is 6. The second-order valence-corrected chi connectivity index (χ2v) is 3.88. The van der Waals surface area contributed by atoms with E-state index in [1.165, 1.54) is 0 Å². The van der Waals surface area contributed by atoms with Crippen LogP contribution in [0.1, 0.15) is 12.8 Å². The summed E-state index contributed by atoms with van der Waals surface area (Å²) < 4.78 is 15.5. The number of nitrogens with zero attached hydrogens (tertiary/aromatic N) is 3. The van der Waals surface area contributed by atoms with E-state index in [1.54, 1.807) is 7.11 Å². The third-order valence-corrected chi connectivity index (χ3v) is 2.44. The lowest BCUT2D eigenvalue weighted by atomic mass is 10.3. The summed E-state index contributed by atoms with van der Waals surface area (Å²) >= 11 is 0. The van der Waals surface area contributed by atoms with Crippen molar-refractivity contribution < 1.29 is 14.2 Å². The summed E-state index contributed by atoms with van der Waals surface area (Å²) in [6.07, 6.45) is 0.955. The van der Waals surface area contributed by atoms with Gasteiger partial charge in [0.15, 0.2) is 0 Å². The van der Waals surface area contributed by atoms with Crippen LogP contribution in [0.25, 0.3) is 0 Å². The molecule has 0 unspecified atom stereocenters. The van der Waals surface area contributed by atoms with Crippen LogP contribution in [0.2, 0.25) is 0 Å². The fourth-order valence-corrected chi connectivity index (χ4v) is 1.41. The predicted octanol–water partition coefficient (Wildman–Crippen LogP) is 0.795. The summed E-state index contributed by atoms with van der Waals surface area (Å²) in [5, 5.41) is 17.1. The zero-order valence-corrected chi connectivity index (χ0v) is 11.6. The number of hydrogen-bond donors (Lipinski definition) is 0. The highest BCUT2D eigenvalue weighted by atomic mass is 16.5. The first-order valence-electron chi connectivity index (χ1n) is 6.45. The maximum atomic E-state index is 8.55. The fraction of sp³-hybridized carbons (Fsp3) is 0.846. The minimum Gasteiger partial charge on any atom is -0.382 e. The van der Waals surface area contributed by atoms with Gasteiger partial charge < -0.3 is 14.2 Å². The molecule has 0 aromatic heterocycles. The van der Waals surface area contributed by atoms with Gasteiger partial charge in [-0.25, -0.2) is 0 Å². The third-order valence-electron chi connectivity index (χ3n) is 2.44. The van der Waals surface area contributed by atoms with Gasteiger partial charge in [0.25, 0.3) is 0 Å². The Kier molecular flexibility index (Phi) is 14.0. The molecule has 0 N–H and O–H groups in total. The monoisotopic (exact) mass is 269 g/mol. The molecule has 0 rings (SSSR count). The van der Waals surface area contributed by atoms with E-state index in [-0.39, 0.29) is 0 Å². The molecule has 0 fully saturated rings. The molecule has 0 aliphatic carbocycles. The second-order valence-electron chi connectivity index (χ2n) is 3.88. The molecule has 19 heavy (non-hydrogen) atoms. The molecule has 0 aromatic rings. The number of methoxy groups -OCH3 is 1. The van der Waals surface area contributed by atoms with Crippen LogP contribution in [0.15, 0.2) is 0 Å². The molecule has 0 radical (unpaired) electrons. The van der Waals surface area contributed by atoms with E-state index in [0.29, 0.717) is 59.0 Å². The van der Waals surface area contributed by atoms with Gasteiger partial charge in [-0.15, -0.1) is 0 Å². The lowest BCUT2D eigenvalue weighted by molar-refractivity contribution is 0.0197. The van der Waals surface area contributed by atoms with Crippen LogP contribution < -0.4 is 0 Å². The smallest absolute Gasteiger partial charge is 0.0701 e. The SMILES string of the molecule is COCCOCCOCCN(CCC#N)CCC#N. The zero-order chi connectivity index (χ0) is 14.2. The molecular formula is C13H23N3O3. The maximum Gasteiger partial charge on any atom is 0.0701 e. The predicted molar refractivity (Wildman–Crippen MR) is 70.4 cm³/mol. The van der Waals surface area contributed by atoms with E-state index in [2.05, 4.69) is 17.0 Å². The summed E-state index contributed by atoms with van der Waals surface area (Å²) in [4.78, 5) is 2.07. The summed E-state index contributed by atoms with van der Waals surface area (Å²) in [5.41, 5.74) is 0. The Balaban J connectivity index is 3.47. The molecule has 6 heteroatoms. The molecule has 0 bridgehead atoms. The van der Waals surface area contributed by atoms with Crippen molar-refractivity contribution in [2.24, 2.45) is 0 Å². The molecular weight excluding hydrogens is 246 g/mol. The largest absolute Gasteiger partial charge is 0.382 e. The van der Waals surface area contributed by atoms with Crippen molar-refractivity contribution in [3.63, 3.8) is 0 Å². The molecule has 0 heterocycles. The third kappa shape index (κ3) is 13.1. The highest BCUT2D eigenvalue weighted by Gasteiger charge is 2.03. The van der Waals surface area contributed by atoms with Gasteiger partial charge in [0.1, 0.15) is 0 Å². The summed E-state index contributed by atoms with van der Waals surface area (Å²) in [7, 11) is 1.64. The number of ether oxygens (including phenoxy) is 3. The van der Waals surface area contributed by atoms with Crippen LogP contribution in [-0.2, 0) is 14.2 Å². The molecule has 0 aliphatic heterocycles. The highest BCUT2D eigenvalue weighted by Crippen LogP contribution is 1.94. The Morgan fingerprint density at radius 2 is 1.32 bits per heavy atom. The molecule has 0 spiro atoms. The zero-order valence-electron chi connectivity index (χ0n) is 11.6. The average Bonchev–Trinajstić information content (AvgIpc) is 2.43. The van der Waals surface area contributed by atoms with Crippen molar-refractivity contribution in [2.75, 3.05) is 59.8 Å². The summed E-state index contributed by atoms with van der Waals surface area (Å²) in [6, 6.07) is 4.22. The van der Waals surface area contributed by atoms with E-state index < -0.39 is 0 Å². The van der Waals surface area contributed by atoms with Crippen molar-refractivity contribution in [1.29, 1.82) is 10.5 Å². The first-order valence-corrected chi connectivity index (χ1v) is 6.45. The lowest BCUT2D eigenvalue weighted by Gasteiger charge is -2.19. The Labute approximate surface area is 115 Å². The van der Waals surface area contributed by atoms with Crippen molar-refractivity contribution in [3.05, 3.63) is 0 Å². The highest BCUT2D eigenvalue weighted by molar-refractivity contribution is 4.76. The minimum atomic E-state index is 0.478. The first kappa shape index (κ1) is 17.8. The quantitative estimate of drug-likeness (QED) is 0.460. The maximum absolute atomic E-state index is 8.55. The molecule has 108 valence electrons. The summed E-state index contributed by atoms with van der Waals surface area (Å²) in [5.74, 6) is 0. The van der Waals surface area contributed by atoms with Gasteiger partial charge >= 0.3 is 0 Å². The van der Waals surface area contributed by atoms with E-state index in [1.807, 2.05) is 0 Å². The average molecular weight is 269 g/mol. The van der Waals surface area contributed by atoms with Gasteiger partial charge in [-0.2, -0.15) is 10.5 Å². The molecule has 0 aliphatic rings. The standard InChI is InChI=1S/C13H23N3O3/c1-17-10-11-19-13-12-18-9-8-16(6-2-4-14)7-3-5-15/h2-3,6-13H2,1H3. The molecule has 0 amide bonds. The van der Waals surface area contributed by atoms with E-state index >= 15 is 0 Å². The minimum absolute atomic E-state index is 0.478. The van der Waals surface area contributed by atoms with Gasteiger partial charge in [0, 0.05) is 39.6 Å². The van der Waals surface area contributed by atoms with E-state index in [9.17, 15) is 0 Å². The van der Waals surface area contributed by atoms with Crippen molar-refractivity contribution in [3.8, 4) is 12.1 Å². The van der Waals surface area contributed by atoms with Crippen LogP contribution in [0.3, 0.4) is 0 Å². The Morgan fingerprint density at radius 1 is 0.789 bits per heavy atom. The van der Waals surface area contributed by atoms with E-state index in [0.717, 1.165) is 6.54 Å². The molecule has 0 aromatic carbocycles. The van der Waals surface area contributed by atoms with Crippen molar-refractivity contribution in [1.82, 2.24) is 4.90 Å².